The normalized spacial score (nSPS) is 11.3. The van der Waals surface area contributed by atoms with Gasteiger partial charge in [-0.1, -0.05) is 0 Å². The lowest BCUT2D eigenvalue weighted by Crippen LogP contribution is -2.21. The third-order valence-electron chi connectivity index (χ3n) is 3.42. The molecule has 1 aliphatic rings. The van der Waals surface area contributed by atoms with Crippen LogP contribution in [0.2, 0.25) is 0 Å². The molecule has 2 aromatic rings. The molecule has 184 valence electrons. The molecule has 0 aliphatic carbocycles. The minimum absolute atomic E-state index is 0.0334. The Bertz CT molecular complexity index is 1120. The number of hydrogen-bond acceptors (Lipinski definition) is 13. The van der Waals surface area contributed by atoms with Crippen molar-refractivity contribution in [1.82, 2.24) is 19.6 Å². The van der Waals surface area contributed by atoms with Gasteiger partial charge in [0.2, 0.25) is 0 Å². The quantitative estimate of drug-likeness (QED) is 0.214. The summed E-state index contributed by atoms with van der Waals surface area (Å²) in [5, 5.41) is 2.56. The number of nitrogens with two attached hydrogens (primary N) is 1. The lowest BCUT2D eigenvalue weighted by Gasteiger charge is -2.00. The largest absolute Gasteiger partial charge is 0.466 e. The first-order chi connectivity index (χ1) is 16.2. The van der Waals surface area contributed by atoms with Crippen LogP contribution in [0.25, 0.3) is 5.78 Å². The smallest absolute Gasteiger partial charge is 0.375 e. The van der Waals surface area contributed by atoms with Gasteiger partial charge in [0.1, 0.15) is 24.9 Å². The molecule has 3 heterocycles. The lowest BCUT2D eigenvalue weighted by atomic mass is 10.3. The lowest BCUT2D eigenvalue weighted by molar-refractivity contribution is -0.157. The van der Waals surface area contributed by atoms with Gasteiger partial charge in [0.25, 0.3) is 17.1 Å². The van der Waals surface area contributed by atoms with Gasteiger partial charge in [-0.25, -0.2) is 24.5 Å². The molecule has 0 fully saturated rings. The predicted molar refractivity (Wildman–Crippen MR) is 117 cm³/mol. The van der Waals surface area contributed by atoms with Gasteiger partial charge in [0, 0.05) is 6.07 Å². The minimum atomic E-state index is -0.990. The highest BCUT2D eigenvalue weighted by Crippen LogP contribution is 1.97. The average Bonchev–Trinajstić information content (AvgIpc) is 3.46. The number of carbonyl (C=O) groups excluding carboxylic acids is 4. The van der Waals surface area contributed by atoms with Crippen LogP contribution < -0.4 is 11.3 Å². The van der Waals surface area contributed by atoms with E-state index in [-0.39, 0.29) is 31.3 Å². The summed E-state index contributed by atoms with van der Waals surface area (Å²) in [6.45, 7) is 6.00. The number of rotatable bonds is 7. The summed E-state index contributed by atoms with van der Waals surface area (Å²) in [5.74, 6) is -2.45. The highest BCUT2D eigenvalue weighted by molar-refractivity contribution is 6.36. The molecular weight excluding hydrogens is 454 g/mol. The first-order valence-electron chi connectivity index (χ1n) is 9.99. The maximum absolute atomic E-state index is 11.4. The number of ketones is 1. The molecule has 15 nitrogen and oxygen atoms in total. The van der Waals surface area contributed by atoms with Crippen LogP contribution in [0.1, 0.15) is 37.7 Å². The number of amidine groups is 1. The molecule has 0 amide bonds. The van der Waals surface area contributed by atoms with Crippen LogP contribution in [-0.2, 0) is 28.6 Å². The van der Waals surface area contributed by atoms with Crippen LogP contribution in [0, 0.1) is 0 Å². The number of esters is 3. The number of nitrogens with one attached hydrogen (secondary N) is 1. The third-order valence-corrected chi connectivity index (χ3v) is 3.42. The van der Waals surface area contributed by atoms with Crippen LogP contribution in [0.3, 0.4) is 0 Å². The summed E-state index contributed by atoms with van der Waals surface area (Å²) in [6.07, 6.45) is 2.24. The summed E-state index contributed by atoms with van der Waals surface area (Å²) in [5.41, 5.74) is 4.72. The molecule has 3 N–H and O–H groups in total. The number of carbonyl (C=O) groups is 4. The summed E-state index contributed by atoms with van der Waals surface area (Å²) in [6, 6.07) is 1.10. The number of fused-ring (bicyclic) bond motifs is 1. The van der Waals surface area contributed by atoms with Crippen molar-refractivity contribution in [3.63, 3.8) is 0 Å². The maximum atomic E-state index is 11.4. The van der Waals surface area contributed by atoms with E-state index in [1.807, 2.05) is 0 Å². The Balaban J connectivity index is 0.000000277. The van der Waals surface area contributed by atoms with Gasteiger partial charge < -0.3 is 19.9 Å². The fourth-order valence-electron chi connectivity index (χ4n) is 2.05. The number of ether oxygens (including phenoxy) is 3. The Kier molecular flexibility index (Phi) is 11.9. The molecule has 2 aromatic heterocycles. The average molecular weight is 479 g/mol. The Hall–Kier alpha value is -4.43. The van der Waals surface area contributed by atoms with Crippen LogP contribution in [0.4, 0.5) is 0 Å². The molecule has 0 radical (unpaired) electrons. The standard InChI is InChI=1S/C8H8N4O3.C8H12O5.C3H5N3/c1-2-15-7(14)5-3-6(13)12-8(11-5)9-4-10-12;1-3-12-7(10)5-6(9)8(11)13-4-2;4-3-1-5-2-6-3/h3-4H,2H2,1H3,(H,9,10,11);3-5H2,1-2H3;2H,1H2,(H2,4,5,6). The van der Waals surface area contributed by atoms with E-state index in [1.165, 1.54) is 12.7 Å². The topological polar surface area (TPSA) is 210 Å². The second kappa shape index (κ2) is 14.6. The van der Waals surface area contributed by atoms with Gasteiger partial charge in [0.05, 0.1) is 26.4 Å². The van der Waals surface area contributed by atoms with Crippen molar-refractivity contribution in [2.45, 2.75) is 27.2 Å². The number of nitrogens with zero attached hydrogens (tertiary/aromatic N) is 5. The van der Waals surface area contributed by atoms with E-state index in [0.717, 1.165) is 10.6 Å². The molecule has 0 aromatic carbocycles. The zero-order valence-electron chi connectivity index (χ0n) is 18.8. The van der Waals surface area contributed by atoms with Crippen LogP contribution in [-0.4, -0.2) is 81.8 Å². The molecule has 1 aliphatic heterocycles. The zero-order valence-corrected chi connectivity index (χ0v) is 18.8. The SMILES string of the molecule is CCOC(=O)CC(=O)C(=O)OCC.CCOC(=O)c1cc(=O)n2[nH]cnc2n1.NC1=NC=NC1. The first-order valence-corrected chi connectivity index (χ1v) is 9.99. The van der Waals surface area contributed by atoms with Gasteiger partial charge in [-0.2, -0.15) is 4.52 Å². The molecule has 0 spiro atoms. The number of aliphatic imine (C=N–C) groups is 2. The molecule has 0 saturated carbocycles. The van der Waals surface area contributed by atoms with E-state index in [2.05, 4.69) is 34.5 Å². The maximum Gasteiger partial charge on any atom is 0.375 e. The van der Waals surface area contributed by atoms with E-state index < -0.39 is 35.7 Å². The molecule has 0 saturated heterocycles. The molecule has 15 heteroatoms. The number of aromatic nitrogens is 4. The summed E-state index contributed by atoms with van der Waals surface area (Å²) in [4.78, 5) is 69.9. The minimum Gasteiger partial charge on any atom is -0.466 e. The summed E-state index contributed by atoms with van der Waals surface area (Å²) >= 11 is 0. The van der Waals surface area contributed by atoms with Gasteiger partial charge in [-0.05, 0) is 20.8 Å². The van der Waals surface area contributed by atoms with E-state index >= 15 is 0 Å². The molecule has 34 heavy (non-hydrogen) atoms. The summed E-state index contributed by atoms with van der Waals surface area (Å²) < 4.78 is 14.7. The molecule has 3 rings (SSSR count). The fraction of sp³-hybridized carbons (Fsp3) is 0.421. The monoisotopic (exact) mass is 479 g/mol. The second-order valence-electron chi connectivity index (χ2n) is 5.92. The molecule has 0 bridgehead atoms. The van der Waals surface area contributed by atoms with Gasteiger partial charge in [0.15, 0.2) is 5.69 Å². The van der Waals surface area contributed by atoms with Crippen molar-refractivity contribution in [2.24, 2.45) is 15.7 Å². The number of aromatic amines is 1. The van der Waals surface area contributed by atoms with E-state index in [4.69, 9.17) is 10.5 Å². The first kappa shape index (κ1) is 27.6. The van der Waals surface area contributed by atoms with Gasteiger partial charge in [-0.15, -0.1) is 0 Å². The number of Topliss-reactive ketones (excluding diaryl/α,β-unsaturated/α-hetero) is 1. The van der Waals surface area contributed by atoms with Crippen molar-refractivity contribution >= 4 is 41.6 Å². The summed E-state index contributed by atoms with van der Waals surface area (Å²) in [7, 11) is 0. The predicted octanol–water partition coefficient (Wildman–Crippen LogP) is -0.948. The highest BCUT2D eigenvalue weighted by atomic mass is 16.5. The van der Waals surface area contributed by atoms with Crippen molar-refractivity contribution in [3.05, 3.63) is 28.4 Å². The van der Waals surface area contributed by atoms with Crippen molar-refractivity contribution < 1.29 is 33.4 Å². The van der Waals surface area contributed by atoms with Crippen molar-refractivity contribution in [2.75, 3.05) is 26.4 Å². The zero-order chi connectivity index (χ0) is 25.5. The fourth-order valence-corrected chi connectivity index (χ4v) is 2.05. The Labute approximate surface area is 193 Å². The van der Waals surface area contributed by atoms with Crippen molar-refractivity contribution in [1.29, 1.82) is 0 Å². The van der Waals surface area contributed by atoms with E-state index in [0.29, 0.717) is 12.4 Å². The Morgan fingerprint density at radius 2 is 1.76 bits per heavy atom. The van der Waals surface area contributed by atoms with Crippen LogP contribution >= 0.6 is 0 Å². The van der Waals surface area contributed by atoms with Crippen LogP contribution in [0.5, 0.6) is 0 Å². The number of hydrogen-bond donors (Lipinski definition) is 2. The Morgan fingerprint density at radius 1 is 1.09 bits per heavy atom. The van der Waals surface area contributed by atoms with Gasteiger partial charge >= 0.3 is 17.9 Å². The molecule has 0 unspecified atom stereocenters. The third kappa shape index (κ3) is 9.37. The second-order valence-corrected chi connectivity index (χ2v) is 5.92. The molecular formula is C19H25N7O8. The highest BCUT2D eigenvalue weighted by Gasteiger charge is 2.19. The van der Waals surface area contributed by atoms with E-state index in [9.17, 15) is 24.0 Å². The number of H-pyrrole nitrogens is 1. The van der Waals surface area contributed by atoms with Gasteiger partial charge in [-0.3, -0.25) is 24.5 Å². The molecule has 0 atom stereocenters. The van der Waals surface area contributed by atoms with E-state index in [1.54, 1.807) is 20.8 Å². The van der Waals surface area contributed by atoms with Crippen LogP contribution in [0.15, 0.2) is 27.2 Å². The Morgan fingerprint density at radius 3 is 2.29 bits per heavy atom. The van der Waals surface area contributed by atoms with Crippen molar-refractivity contribution in [3.8, 4) is 0 Å².